The molecule has 1 fully saturated rings. The molecule has 1 N–H and O–H groups in total. The van der Waals surface area contributed by atoms with Gasteiger partial charge in [0.25, 0.3) is 0 Å². The fraction of sp³-hybridized carbons (Fsp3) is 0.400. The van der Waals surface area contributed by atoms with Crippen LogP contribution in [0.5, 0.6) is 0 Å². The van der Waals surface area contributed by atoms with Gasteiger partial charge in [-0.3, -0.25) is 9.48 Å². The smallest absolute Gasteiger partial charge is 0.229 e. The van der Waals surface area contributed by atoms with Crippen molar-refractivity contribution in [2.75, 3.05) is 11.9 Å². The summed E-state index contributed by atoms with van der Waals surface area (Å²) in [5, 5.41) is 8.21. The molecular formula is C20H23N3O3. The lowest BCUT2D eigenvalue weighted by Gasteiger charge is -2.08. The number of nitrogens with one attached hydrogen (secondary N) is 1. The van der Waals surface area contributed by atoms with Crippen LogP contribution in [-0.4, -0.2) is 28.4 Å². The molecule has 1 aliphatic rings. The maximum Gasteiger partial charge on any atom is 0.229 e. The molecular weight excluding hydrogens is 330 g/mol. The summed E-state index contributed by atoms with van der Waals surface area (Å²) >= 11 is 0. The highest BCUT2D eigenvalue weighted by molar-refractivity contribution is 5.95. The van der Waals surface area contributed by atoms with Crippen molar-refractivity contribution in [1.29, 1.82) is 0 Å². The van der Waals surface area contributed by atoms with Gasteiger partial charge in [0.05, 0.1) is 37.2 Å². The van der Waals surface area contributed by atoms with E-state index in [-0.39, 0.29) is 18.4 Å². The van der Waals surface area contributed by atoms with Gasteiger partial charge in [0, 0.05) is 23.8 Å². The number of benzene rings is 1. The first-order valence-corrected chi connectivity index (χ1v) is 9.00. The molecule has 1 aliphatic heterocycles. The van der Waals surface area contributed by atoms with Crippen LogP contribution in [0.2, 0.25) is 0 Å². The monoisotopic (exact) mass is 353 g/mol. The number of amides is 1. The first kappa shape index (κ1) is 16.8. The minimum atomic E-state index is -0.0809. The number of carbonyl (C=O) groups is 1. The standard InChI is InChI=1S/C20H23N3O3/c1-13-6-18-15(12-26-19(18)7-14(13)2)8-20(24)22-16-9-21-23(10-16)11-17-4-3-5-25-17/h6-7,9-10,12,17H,3-5,8,11H2,1-2H3,(H,22,24). The van der Waals surface area contributed by atoms with Gasteiger partial charge in [0.1, 0.15) is 5.58 Å². The van der Waals surface area contributed by atoms with E-state index >= 15 is 0 Å². The Kier molecular flexibility index (Phi) is 4.51. The number of furan rings is 1. The lowest BCUT2D eigenvalue weighted by Crippen LogP contribution is -2.15. The van der Waals surface area contributed by atoms with Crippen LogP contribution >= 0.6 is 0 Å². The molecule has 4 rings (SSSR count). The Morgan fingerprint density at radius 3 is 3.00 bits per heavy atom. The van der Waals surface area contributed by atoms with E-state index in [9.17, 15) is 4.79 Å². The zero-order chi connectivity index (χ0) is 18.1. The van der Waals surface area contributed by atoms with E-state index < -0.39 is 0 Å². The van der Waals surface area contributed by atoms with Gasteiger partial charge in [-0.2, -0.15) is 5.10 Å². The molecule has 1 saturated heterocycles. The molecule has 6 nitrogen and oxygen atoms in total. The highest BCUT2D eigenvalue weighted by atomic mass is 16.5. The lowest BCUT2D eigenvalue weighted by atomic mass is 10.0. The van der Waals surface area contributed by atoms with Crippen molar-refractivity contribution in [2.24, 2.45) is 0 Å². The number of aryl methyl sites for hydroxylation is 2. The zero-order valence-electron chi connectivity index (χ0n) is 15.1. The number of anilines is 1. The van der Waals surface area contributed by atoms with E-state index in [1.807, 2.05) is 16.9 Å². The van der Waals surface area contributed by atoms with E-state index in [1.165, 1.54) is 11.1 Å². The van der Waals surface area contributed by atoms with Crippen LogP contribution in [0.15, 0.2) is 35.2 Å². The molecule has 0 spiro atoms. The quantitative estimate of drug-likeness (QED) is 0.761. The van der Waals surface area contributed by atoms with Gasteiger partial charge in [0.15, 0.2) is 0 Å². The number of aromatic nitrogens is 2. The predicted molar refractivity (Wildman–Crippen MR) is 99.2 cm³/mol. The minimum Gasteiger partial charge on any atom is -0.464 e. The summed E-state index contributed by atoms with van der Waals surface area (Å²) in [6.45, 7) is 5.67. The van der Waals surface area contributed by atoms with E-state index in [2.05, 4.69) is 30.3 Å². The Bertz CT molecular complexity index is 935. The molecule has 6 heteroatoms. The third kappa shape index (κ3) is 3.51. The summed E-state index contributed by atoms with van der Waals surface area (Å²) in [7, 11) is 0. The van der Waals surface area contributed by atoms with Crippen molar-refractivity contribution in [3.63, 3.8) is 0 Å². The topological polar surface area (TPSA) is 69.3 Å². The second-order valence-electron chi connectivity index (χ2n) is 7.00. The van der Waals surface area contributed by atoms with Gasteiger partial charge < -0.3 is 14.5 Å². The van der Waals surface area contributed by atoms with Gasteiger partial charge in [0.2, 0.25) is 5.91 Å². The Balaban J connectivity index is 1.41. The zero-order valence-corrected chi connectivity index (χ0v) is 15.1. The molecule has 1 aromatic carbocycles. The Labute approximate surface area is 152 Å². The maximum atomic E-state index is 12.4. The van der Waals surface area contributed by atoms with Crippen LogP contribution in [0, 0.1) is 13.8 Å². The number of rotatable bonds is 5. The van der Waals surface area contributed by atoms with Crippen molar-refractivity contribution in [2.45, 2.75) is 45.8 Å². The third-order valence-electron chi connectivity index (χ3n) is 4.95. The van der Waals surface area contributed by atoms with Crippen LogP contribution in [-0.2, 0) is 22.5 Å². The Morgan fingerprint density at radius 2 is 2.19 bits per heavy atom. The summed E-state index contributed by atoms with van der Waals surface area (Å²) in [6.07, 6.45) is 7.86. The number of hydrogen-bond acceptors (Lipinski definition) is 4. The van der Waals surface area contributed by atoms with Crippen molar-refractivity contribution in [3.8, 4) is 0 Å². The van der Waals surface area contributed by atoms with Crippen molar-refractivity contribution < 1.29 is 13.9 Å². The molecule has 3 aromatic rings. The average molecular weight is 353 g/mol. The van der Waals surface area contributed by atoms with Crippen LogP contribution in [0.1, 0.15) is 29.5 Å². The van der Waals surface area contributed by atoms with Crippen LogP contribution in [0.4, 0.5) is 5.69 Å². The molecule has 0 aliphatic carbocycles. The van der Waals surface area contributed by atoms with Crippen molar-refractivity contribution in [1.82, 2.24) is 9.78 Å². The summed E-state index contributed by atoms with van der Waals surface area (Å²) < 4.78 is 13.0. The Morgan fingerprint density at radius 1 is 1.35 bits per heavy atom. The van der Waals surface area contributed by atoms with Gasteiger partial charge >= 0.3 is 0 Å². The van der Waals surface area contributed by atoms with Crippen molar-refractivity contribution in [3.05, 3.63) is 47.5 Å². The molecule has 2 aromatic heterocycles. The van der Waals surface area contributed by atoms with E-state index in [0.717, 1.165) is 42.5 Å². The summed E-state index contributed by atoms with van der Waals surface area (Å²) in [6, 6.07) is 4.09. The van der Waals surface area contributed by atoms with E-state index in [1.54, 1.807) is 12.5 Å². The molecule has 0 saturated carbocycles. The largest absolute Gasteiger partial charge is 0.464 e. The lowest BCUT2D eigenvalue weighted by molar-refractivity contribution is -0.115. The SMILES string of the molecule is Cc1cc2occ(CC(=O)Nc3cnn(CC4CCCO4)c3)c2cc1C. The van der Waals surface area contributed by atoms with Gasteiger partial charge in [-0.15, -0.1) is 0 Å². The van der Waals surface area contributed by atoms with Gasteiger partial charge in [-0.05, 0) is 49.9 Å². The molecule has 3 heterocycles. The molecule has 1 atom stereocenters. The molecule has 1 amide bonds. The molecule has 1 unspecified atom stereocenters. The van der Waals surface area contributed by atoms with E-state index in [0.29, 0.717) is 5.69 Å². The highest BCUT2D eigenvalue weighted by Crippen LogP contribution is 2.25. The van der Waals surface area contributed by atoms with Crippen LogP contribution in [0.25, 0.3) is 11.0 Å². The maximum absolute atomic E-state index is 12.4. The first-order chi connectivity index (χ1) is 12.6. The fourth-order valence-electron chi connectivity index (χ4n) is 3.38. The summed E-state index contributed by atoms with van der Waals surface area (Å²) in [4.78, 5) is 12.4. The number of fused-ring (bicyclic) bond motifs is 1. The minimum absolute atomic E-state index is 0.0809. The average Bonchev–Trinajstić information content (AvgIpc) is 3.33. The number of nitrogens with zero attached hydrogens (tertiary/aromatic N) is 2. The molecule has 136 valence electrons. The number of hydrogen-bond donors (Lipinski definition) is 1. The molecule has 26 heavy (non-hydrogen) atoms. The summed E-state index contributed by atoms with van der Waals surface area (Å²) in [5.74, 6) is -0.0809. The summed E-state index contributed by atoms with van der Waals surface area (Å²) in [5.41, 5.74) is 4.79. The molecule has 0 bridgehead atoms. The number of carbonyl (C=O) groups excluding carboxylic acids is 1. The highest BCUT2D eigenvalue weighted by Gasteiger charge is 2.17. The first-order valence-electron chi connectivity index (χ1n) is 9.00. The Hall–Kier alpha value is -2.60. The van der Waals surface area contributed by atoms with Crippen LogP contribution in [0.3, 0.4) is 0 Å². The van der Waals surface area contributed by atoms with E-state index in [4.69, 9.17) is 9.15 Å². The normalized spacial score (nSPS) is 17.1. The predicted octanol–water partition coefficient (Wildman–Crippen LogP) is 3.61. The van der Waals surface area contributed by atoms with Gasteiger partial charge in [-0.25, -0.2) is 0 Å². The fourth-order valence-corrected chi connectivity index (χ4v) is 3.38. The third-order valence-corrected chi connectivity index (χ3v) is 4.95. The molecule has 0 radical (unpaired) electrons. The van der Waals surface area contributed by atoms with Crippen molar-refractivity contribution >= 4 is 22.6 Å². The van der Waals surface area contributed by atoms with Crippen LogP contribution < -0.4 is 5.32 Å². The second kappa shape index (κ2) is 6.96. The second-order valence-corrected chi connectivity index (χ2v) is 7.00. The number of ether oxygens (including phenoxy) is 1. The van der Waals surface area contributed by atoms with Gasteiger partial charge in [-0.1, -0.05) is 0 Å².